The standard InChI is InChI=1S/C19H28N4O2/c1-2-8-20-18(24)14-21-10-12-22(13-11-21)15-19(25)23-9-7-16-5-3-4-6-17(16)23/h3-6H,2,7-15H2,1H3,(H,20,24). The molecule has 0 bridgehead atoms. The number of piperazine rings is 1. The van der Waals surface area contributed by atoms with Gasteiger partial charge in [0.1, 0.15) is 0 Å². The minimum atomic E-state index is 0.0973. The average molecular weight is 344 g/mol. The molecule has 1 N–H and O–H groups in total. The van der Waals surface area contributed by atoms with Gasteiger partial charge in [-0.15, -0.1) is 0 Å². The molecule has 25 heavy (non-hydrogen) atoms. The summed E-state index contributed by atoms with van der Waals surface area (Å²) in [6, 6.07) is 8.16. The number of rotatable bonds is 6. The second kappa shape index (κ2) is 8.45. The second-order valence-corrected chi connectivity index (χ2v) is 6.83. The number of para-hydroxylation sites is 1. The smallest absolute Gasteiger partial charge is 0.241 e. The number of fused-ring (bicyclic) bond motifs is 1. The summed E-state index contributed by atoms with van der Waals surface area (Å²) in [5.41, 5.74) is 2.33. The number of hydrogen-bond donors (Lipinski definition) is 1. The maximum atomic E-state index is 12.7. The summed E-state index contributed by atoms with van der Waals surface area (Å²) in [7, 11) is 0. The van der Waals surface area contributed by atoms with E-state index >= 15 is 0 Å². The molecule has 2 aliphatic rings. The molecule has 136 valence electrons. The third kappa shape index (κ3) is 4.58. The van der Waals surface area contributed by atoms with Gasteiger partial charge in [0.25, 0.3) is 0 Å². The highest BCUT2D eigenvalue weighted by atomic mass is 16.2. The first-order valence-electron chi connectivity index (χ1n) is 9.27. The Balaban J connectivity index is 1.43. The van der Waals surface area contributed by atoms with Gasteiger partial charge in [-0.1, -0.05) is 25.1 Å². The van der Waals surface area contributed by atoms with Gasteiger partial charge < -0.3 is 10.2 Å². The van der Waals surface area contributed by atoms with E-state index in [4.69, 9.17) is 0 Å². The molecular weight excluding hydrogens is 316 g/mol. The van der Waals surface area contributed by atoms with Crippen LogP contribution in [0.15, 0.2) is 24.3 Å². The number of anilines is 1. The molecule has 0 aromatic heterocycles. The maximum absolute atomic E-state index is 12.7. The van der Waals surface area contributed by atoms with Crippen molar-refractivity contribution in [3.8, 4) is 0 Å². The van der Waals surface area contributed by atoms with Crippen molar-refractivity contribution in [2.24, 2.45) is 0 Å². The van der Waals surface area contributed by atoms with Gasteiger partial charge in [0.05, 0.1) is 13.1 Å². The first-order chi connectivity index (χ1) is 12.2. The van der Waals surface area contributed by atoms with Crippen LogP contribution in [0.25, 0.3) is 0 Å². The third-order valence-electron chi connectivity index (χ3n) is 4.95. The van der Waals surface area contributed by atoms with Crippen LogP contribution in [0, 0.1) is 0 Å². The van der Waals surface area contributed by atoms with Crippen molar-refractivity contribution in [3.63, 3.8) is 0 Å². The van der Waals surface area contributed by atoms with Gasteiger partial charge in [0, 0.05) is 45.0 Å². The van der Waals surface area contributed by atoms with E-state index < -0.39 is 0 Å². The van der Waals surface area contributed by atoms with Crippen LogP contribution in [-0.4, -0.2) is 74.0 Å². The molecule has 0 atom stereocenters. The van der Waals surface area contributed by atoms with E-state index in [1.54, 1.807) is 0 Å². The van der Waals surface area contributed by atoms with Crippen LogP contribution < -0.4 is 10.2 Å². The molecule has 0 radical (unpaired) electrons. The van der Waals surface area contributed by atoms with Crippen molar-refractivity contribution in [2.75, 3.05) is 57.3 Å². The number of carbonyl (C=O) groups is 2. The lowest BCUT2D eigenvalue weighted by atomic mass is 10.2. The van der Waals surface area contributed by atoms with Crippen LogP contribution in [0.4, 0.5) is 5.69 Å². The molecular formula is C19H28N4O2. The molecule has 0 unspecified atom stereocenters. The first-order valence-corrected chi connectivity index (χ1v) is 9.27. The second-order valence-electron chi connectivity index (χ2n) is 6.83. The predicted molar refractivity (Wildman–Crippen MR) is 98.7 cm³/mol. The number of nitrogens with one attached hydrogen (secondary N) is 1. The summed E-state index contributed by atoms with van der Waals surface area (Å²) in [6.45, 7) is 7.85. The molecule has 1 saturated heterocycles. The molecule has 2 amide bonds. The van der Waals surface area contributed by atoms with E-state index in [2.05, 4.69) is 28.1 Å². The summed E-state index contributed by atoms with van der Waals surface area (Å²) in [5.74, 6) is 0.277. The van der Waals surface area contributed by atoms with Crippen LogP contribution in [0.1, 0.15) is 18.9 Å². The van der Waals surface area contributed by atoms with Crippen LogP contribution in [-0.2, 0) is 16.0 Å². The van der Waals surface area contributed by atoms with Gasteiger partial charge in [-0.25, -0.2) is 0 Å². The maximum Gasteiger partial charge on any atom is 0.241 e. The number of hydrogen-bond acceptors (Lipinski definition) is 4. The Morgan fingerprint density at radius 3 is 2.40 bits per heavy atom. The Kier molecular flexibility index (Phi) is 6.04. The van der Waals surface area contributed by atoms with Crippen LogP contribution in [0.2, 0.25) is 0 Å². The zero-order valence-corrected chi connectivity index (χ0v) is 15.0. The molecule has 2 aliphatic heterocycles. The Hall–Kier alpha value is -1.92. The fourth-order valence-corrected chi connectivity index (χ4v) is 3.50. The Bertz CT molecular complexity index is 611. The fourth-order valence-electron chi connectivity index (χ4n) is 3.50. The van der Waals surface area contributed by atoms with E-state index in [0.717, 1.165) is 57.8 Å². The van der Waals surface area contributed by atoms with Gasteiger partial charge in [-0.2, -0.15) is 0 Å². The largest absolute Gasteiger partial charge is 0.355 e. The van der Waals surface area contributed by atoms with Gasteiger partial charge in [-0.3, -0.25) is 19.4 Å². The molecule has 0 spiro atoms. The normalized spacial score (nSPS) is 18.2. The zero-order chi connectivity index (χ0) is 17.6. The van der Waals surface area contributed by atoms with E-state index in [-0.39, 0.29) is 11.8 Å². The van der Waals surface area contributed by atoms with Crippen molar-refractivity contribution in [1.29, 1.82) is 0 Å². The van der Waals surface area contributed by atoms with Gasteiger partial charge in [-0.05, 0) is 24.5 Å². The molecule has 3 rings (SSSR count). The molecule has 0 aliphatic carbocycles. The van der Waals surface area contributed by atoms with Crippen molar-refractivity contribution < 1.29 is 9.59 Å². The molecule has 1 aromatic carbocycles. The number of carbonyl (C=O) groups excluding carboxylic acids is 2. The zero-order valence-electron chi connectivity index (χ0n) is 15.0. The number of nitrogens with zero attached hydrogens (tertiary/aromatic N) is 3. The molecule has 6 heteroatoms. The molecule has 1 aromatic rings. The fraction of sp³-hybridized carbons (Fsp3) is 0.579. The molecule has 6 nitrogen and oxygen atoms in total. The lowest BCUT2D eigenvalue weighted by molar-refractivity contribution is -0.124. The summed E-state index contributed by atoms with van der Waals surface area (Å²) in [5, 5.41) is 2.91. The van der Waals surface area contributed by atoms with Crippen LogP contribution in [0.3, 0.4) is 0 Å². The predicted octanol–water partition coefficient (Wildman–Crippen LogP) is 0.720. The highest BCUT2D eigenvalue weighted by Crippen LogP contribution is 2.27. The summed E-state index contributed by atoms with van der Waals surface area (Å²) >= 11 is 0. The van der Waals surface area contributed by atoms with E-state index in [1.807, 2.05) is 23.1 Å². The van der Waals surface area contributed by atoms with Gasteiger partial charge in [0.15, 0.2) is 0 Å². The topological polar surface area (TPSA) is 55.9 Å². The molecule has 0 saturated carbocycles. The van der Waals surface area contributed by atoms with E-state index in [9.17, 15) is 9.59 Å². The monoisotopic (exact) mass is 344 g/mol. The highest BCUT2D eigenvalue weighted by Gasteiger charge is 2.27. The Morgan fingerprint density at radius 2 is 1.68 bits per heavy atom. The lowest BCUT2D eigenvalue weighted by Gasteiger charge is -2.34. The van der Waals surface area contributed by atoms with E-state index in [1.165, 1.54) is 5.56 Å². The van der Waals surface area contributed by atoms with Crippen LogP contribution >= 0.6 is 0 Å². The highest BCUT2D eigenvalue weighted by molar-refractivity contribution is 5.96. The first kappa shape index (κ1) is 17.9. The molecule has 2 heterocycles. The van der Waals surface area contributed by atoms with Crippen LogP contribution in [0.5, 0.6) is 0 Å². The van der Waals surface area contributed by atoms with Crippen molar-refractivity contribution in [1.82, 2.24) is 15.1 Å². The van der Waals surface area contributed by atoms with Crippen molar-refractivity contribution in [3.05, 3.63) is 29.8 Å². The number of benzene rings is 1. The quantitative estimate of drug-likeness (QED) is 0.826. The Morgan fingerprint density at radius 1 is 1.00 bits per heavy atom. The Labute approximate surface area is 149 Å². The van der Waals surface area contributed by atoms with Crippen molar-refractivity contribution >= 4 is 17.5 Å². The summed E-state index contributed by atoms with van der Waals surface area (Å²) in [4.78, 5) is 30.7. The van der Waals surface area contributed by atoms with Crippen molar-refractivity contribution in [2.45, 2.75) is 19.8 Å². The SMILES string of the molecule is CCCNC(=O)CN1CCN(CC(=O)N2CCc3ccccc32)CC1. The van der Waals surface area contributed by atoms with Gasteiger partial charge in [0.2, 0.25) is 11.8 Å². The molecule has 1 fully saturated rings. The minimum Gasteiger partial charge on any atom is -0.355 e. The third-order valence-corrected chi connectivity index (χ3v) is 4.95. The minimum absolute atomic E-state index is 0.0973. The van der Waals surface area contributed by atoms with Gasteiger partial charge >= 0.3 is 0 Å². The summed E-state index contributed by atoms with van der Waals surface area (Å²) in [6.07, 6.45) is 1.91. The average Bonchev–Trinajstić information content (AvgIpc) is 3.06. The summed E-state index contributed by atoms with van der Waals surface area (Å²) < 4.78 is 0. The lowest BCUT2D eigenvalue weighted by Crippen LogP contribution is -2.52. The van der Waals surface area contributed by atoms with E-state index in [0.29, 0.717) is 13.1 Å². The number of amides is 2.